The highest BCUT2D eigenvalue weighted by molar-refractivity contribution is 5.58. The standard InChI is InChI=1S/C13H14FN3/c14-11-3-1-10(2-4-11)13-6-8-17(16-13)9-12-5-7-15-12/h1-4,6,8,12,15H,5,7,9H2/t12-/m0/s1. The number of nitrogens with one attached hydrogen (secondary N) is 1. The molecule has 17 heavy (non-hydrogen) atoms. The van der Waals surface area contributed by atoms with Gasteiger partial charge in [0.05, 0.1) is 12.2 Å². The topological polar surface area (TPSA) is 29.9 Å². The quantitative estimate of drug-likeness (QED) is 0.876. The van der Waals surface area contributed by atoms with Gasteiger partial charge in [-0.25, -0.2) is 4.39 Å². The summed E-state index contributed by atoms with van der Waals surface area (Å²) in [6.45, 7) is 2.01. The van der Waals surface area contributed by atoms with E-state index in [1.165, 1.54) is 18.6 Å². The number of benzene rings is 1. The number of nitrogens with zero attached hydrogens (tertiary/aromatic N) is 2. The van der Waals surface area contributed by atoms with Crippen molar-refractivity contribution in [3.8, 4) is 11.3 Å². The average molecular weight is 231 g/mol. The number of hydrogen-bond donors (Lipinski definition) is 1. The Morgan fingerprint density at radius 2 is 2.06 bits per heavy atom. The van der Waals surface area contributed by atoms with Crippen LogP contribution in [0.5, 0.6) is 0 Å². The number of halogens is 1. The first-order valence-corrected chi connectivity index (χ1v) is 5.84. The molecule has 1 fully saturated rings. The van der Waals surface area contributed by atoms with E-state index < -0.39 is 0 Å². The highest BCUT2D eigenvalue weighted by Crippen LogP contribution is 2.17. The maximum atomic E-state index is 12.8. The van der Waals surface area contributed by atoms with Crippen LogP contribution in [0.2, 0.25) is 0 Å². The van der Waals surface area contributed by atoms with Crippen molar-refractivity contribution < 1.29 is 4.39 Å². The van der Waals surface area contributed by atoms with Crippen molar-refractivity contribution in [2.45, 2.75) is 19.0 Å². The van der Waals surface area contributed by atoms with Crippen LogP contribution in [0.15, 0.2) is 36.5 Å². The summed E-state index contributed by atoms with van der Waals surface area (Å²) in [4.78, 5) is 0. The molecule has 1 saturated heterocycles. The molecule has 0 unspecified atom stereocenters. The van der Waals surface area contributed by atoms with Crippen molar-refractivity contribution in [3.05, 3.63) is 42.3 Å². The normalized spacial score (nSPS) is 19.0. The largest absolute Gasteiger partial charge is 0.312 e. The minimum Gasteiger partial charge on any atom is -0.312 e. The summed E-state index contributed by atoms with van der Waals surface area (Å²) >= 11 is 0. The van der Waals surface area contributed by atoms with Gasteiger partial charge in [0.15, 0.2) is 0 Å². The van der Waals surface area contributed by atoms with Crippen LogP contribution in [0.25, 0.3) is 11.3 Å². The summed E-state index contributed by atoms with van der Waals surface area (Å²) < 4.78 is 14.7. The monoisotopic (exact) mass is 231 g/mol. The van der Waals surface area contributed by atoms with Crippen molar-refractivity contribution in [1.82, 2.24) is 15.1 Å². The average Bonchev–Trinajstić information content (AvgIpc) is 2.73. The lowest BCUT2D eigenvalue weighted by Gasteiger charge is -2.27. The number of rotatable bonds is 3. The summed E-state index contributed by atoms with van der Waals surface area (Å²) in [6.07, 6.45) is 3.18. The molecule has 3 nitrogen and oxygen atoms in total. The smallest absolute Gasteiger partial charge is 0.123 e. The molecule has 1 aromatic carbocycles. The second kappa shape index (κ2) is 4.30. The molecule has 1 N–H and O–H groups in total. The maximum absolute atomic E-state index is 12.8. The molecule has 88 valence electrons. The third-order valence-corrected chi connectivity index (χ3v) is 3.11. The second-order valence-corrected chi connectivity index (χ2v) is 4.37. The van der Waals surface area contributed by atoms with Crippen molar-refractivity contribution >= 4 is 0 Å². The molecule has 1 aromatic heterocycles. The first-order chi connectivity index (χ1) is 8.31. The predicted octanol–water partition coefficient (Wildman–Crippen LogP) is 2.05. The number of hydrogen-bond acceptors (Lipinski definition) is 2. The molecular weight excluding hydrogens is 217 g/mol. The summed E-state index contributed by atoms with van der Waals surface area (Å²) in [6, 6.07) is 8.94. The highest BCUT2D eigenvalue weighted by Gasteiger charge is 2.16. The summed E-state index contributed by atoms with van der Waals surface area (Å²) in [5.41, 5.74) is 1.84. The van der Waals surface area contributed by atoms with Crippen LogP contribution in [0.4, 0.5) is 4.39 Å². The van der Waals surface area contributed by atoms with E-state index in [1.807, 2.05) is 16.9 Å². The molecule has 1 atom stereocenters. The molecule has 2 aromatic rings. The van der Waals surface area contributed by atoms with Gasteiger partial charge in [0.1, 0.15) is 5.82 Å². The van der Waals surface area contributed by atoms with Crippen molar-refractivity contribution in [2.24, 2.45) is 0 Å². The van der Waals surface area contributed by atoms with Crippen LogP contribution in [0.1, 0.15) is 6.42 Å². The first-order valence-electron chi connectivity index (χ1n) is 5.84. The fourth-order valence-corrected chi connectivity index (χ4v) is 1.97. The van der Waals surface area contributed by atoms with Crippen molar-refractivity contribution in [2.75, 3.05) is 6.54 Å². The molecule has 4 heteroatoms. The Labute approximate surface area is 99.3 Å². The third kappa shape index (κ3) is 2.22. The molecule has 0 bridgehead atoms. The lowest BCUT2D eigenvalue weighted by molar-refractivity contribution is 0.319. The lowest BCUT2D eigenvalue weighted by Crippen LogP contribution is -2.45. The van der Waals surface area contributed by atoms with Gasteiger partial charge >= 0.3 is 0 Å². The van der Waals surface area contributed by atoms with E-state index in [9.17, 15) is 4.39 Å². The molecule has 0 saturated carbocycles. The molecule has 1 aliphatic heterocycles. The Morgan fingerprint density at radius 1 is 1.29 bits per heavy atom. The Hall–Kier alpha value is -1.68. The van der Waals surface area contributed by atoms with E-state index in [4.69, 9.17) is 0 Å². The zero-order chi connectivity index (χ0) is 11.7. The van der Waals surface area contributed by atoms with E-state index in [0.717, 1.165) is 24.3 Å². The molecule has 0 aliphatic carbocycles. The fraction of sp³-hybridized carbons (Fsp3) is 0.308. The van der Waals surface area contributed by atoms with Gasteiger partial charge in [-0.2, -0.15) is 5.10 Å². The van der Waals surface area contributed by atoms with Gasteiger partial charge in [0.25, 0.3) is 0 Å². The molecular formula is C13H14FN3. The van der Waals surface area contributed by atoms with Crippen LogP contribution in [0.3, 0.4) is 0 Å². The Morgan fingerprint density at radius 3 is 2.71 bits per heavy atom. The van der Waals surface area contributed by atoms with Gasteiger partial charge in [-0.05, 0) is 43.3 Å². The van der Waals surface area contributed by atoms with Gasteiger partial charge in [-0.3, -0.25) is 4.68 Å². The van der Waals surface area contributed by atoms with Crippen LogP contribution in [-0.4, -0.2) is 22.4 Å². The molecule has 2 heterocycles. The molecule has 0 amide bonds. The SMILES string of the molecule is Fc1ccc(-c2ccn(C[C@@H]3CCN3)n2)cc1. The van der Waals surface area contributed by atoms with Gasteiger partial charge in [-0.1, -0.05) is 0 Å². The van der Waals surface area contributed by atoms with Crippen LogP contribution in [0, 0.1) is 5.82 Å². The number of aromatic nitrogens is 2. The fourth-order valence-electron chi connectivity index (χ4n) is 1.97. The van der Waals surface area contributed by atoms with E-state index in [1.54, 1.807) is 12.1 Å². The zero-order valence-electron chi connectivity index (χ0n) is 9.44. The van der Waals surface area contributed by atoms with Gasteiger partial charge in [0.2, 0.25) is 0 Å². The van der Waals surface area contributed by atoms with Gasteiger partial charge in [-0.15, -0.1) is 0 Å². The van der Waals surface area contributed by atoms with E-state index in [-0.39, 0.29) is 5.82 Å². The molecule has 0 radical (unpaired) electrons. The Bertz CT molecular complexity index is 500. The maximum Gasteiger partial charge on any atom is 0.123 e. The van der Waals surface area contributed by atoms with E-state index >= 15 is 0 Å². The predicted molar refractivity (Wildman–Crippen MR) is 64.0 cm³/mol. The summed E-state index contributed by atoms with van der Waals surface area (Å²) in [5.74, 6) is -0.216. The molecule has 3 rings (SSSR count). The van der Waals surface area contributed by atoms with Crippen LogP contribution in [-0.2, 0) is 6.54 Å². The van der Waals surface area contributed by atoms with Crippen molar-refractivity contribution in [1.29, 1.82) is 0 Å². The van der Waals surface area contributed by atoms with Gasteiger partial charge in [0, 0.05) is 17.8 Å². The minimum atomic E-state index is -0.216. The molecule has 1 aliphatic rings. The van der Waals surface area contributed by atoms with Crippen LogP contribution < -0.4 is 5.32 Å². The third-order valence-electron chi connectivity index (χ3n) is 3.11. The summed E-state index contributed by atoms with van der Waals surface area (Å²) in [7, 11) is 0. The molecule has 0 spiro atoms. The Balaban J connectivity index is 1.76. The van der Waals surface area contributed by atoms with E-state index in [2.05, 4.69) is 10.4 Å². The summed E-state index contributed by atoms with van der Waals surface area (Å²) in [5, 5.41) is 7.83. The first kappa shape index (κ1) is 10.5. The second-order valence-electron chi connectivity index (χ2n) is 4.37. The minimum absolute atomic E-state index is 0.216. The lowest BCUT2D eigenvalue weighted by atomic mass is 10.1. The van der Waals surface area contributed by atoms with E-state index in [0.29, 0.717) is 6.04 Å². The highest BCUT2D eigenvalue weighted by atomic mass is 19.1. The van der Waals surface area contributed by atoms with Crippen molar-refractivity contribution in [3.63, 3.8) is 0 Å². The van der Waals surface area contributed by atoms with Gasteiger partial charge < -0.3 is 5.32 Å². The Kier molecular flexibility index (Phi) is 2.65. The zero-order valence-corrected chi connectivity index (χ0v) is 9.44. The van der Waals surface area contributed by atoms with Crippen LogP contribution >= 0.6 is 0 Å².